The molecule has 0 aliphatic heterocycles. The molecule has 1 amide bonds. The Hall–Kier alpha value is -1.79. The summed E-state index contributed by atoms with van der Waals surface area (Å²) >= 11 is 1.37. The summed E-state index contributed by atoms with van der Waals surface area (Å²) in [5.74, 6) is 0.119. The first-order valence-corrected chi connectivity index (χ1v) is 7.66. The van der Waals surface area contributed by atoms with Gasteiger partial charge in [-0.25, -0.2) is 4.98 Å². The highest BCUT2D eigenvalue weighted by molar-refractivity contribution is 7.16. The van der Waals surface area contributed by atoms with Crippen LogP contribution in [0.25, 0.3) is 10.6 Å². The van der Waals surface area contributed by atoms with E-state index >= 15 is 0 Å². The van der Waals surface area contributed by atoms with E-state index in [-0.39, 0.29) is 11.8 Å². The Morgan fingerprint density at radius 1 is 1.43 bits per heavy atom. The zero-order valence-corrected chi connectivity index (χ0v) is 13.3. The zero-order valence-electron chi connectivity index (χ0n) is 12.5. The summed E-state index contributed by atoms with van der Waals surface area (Å²) in [7, 11) is 0. The van der Waals surface area contributed by atoms with Crippen LogP contribution >= 0.6 is 11.3 Å². The molecule has 1 unspecified atom stereocenters. The average molecular weight is 304 g/mol. The van der Waals surface area contributed by atoms with E-state index < -0.39 is 5.54 Å². The van der Waals surface area contributed by atoms with E-state index in [0.717, 1.165) is 10.6 Å². The summed E-state index contributed by atoms with van der Waals surface area (Å²) in [6, 6.07) is 3.75. The molecule has 0 bridgehead atoms. The highest BCUT2D eigenvalue weighted by Gasteiger charge is 2.29. The predicted molar refractivity (Wildman–Crippen MR) is 85.1 cm³/mol. The van der Waals surface area contributed by atoms with Crippen LogP contribution in [0.5, 0.6) is 0 Å². The number of nitrogens with two attached hydrogens (primary N) is 1. The van der Waals surface area contributed by atoms with Gasteiger partial charge in [-0.05, 0) is 25.0 Å². The van der Waals surface area contributed by atoms with Crippen LogP contribution in [-0.2, 0) is 0 Å². The molecule has 1 atom stereocenters. The molecule has 0 aliphatic rings. The maximum Gasteiger partial charge on any atom is 0.263 e. The van der Waals surface area contributed by atoms with Crippen LogP contribution in [0.2, 0.25) is 0 Å². The lowest BCUT2D eigenvalue weighted by atomic mass is 9.88. The van der Waals surface area contributed by atoms with E-state index in [0.29, 0.717) is 11.4 Å². The topological polar surface area (TPSA) is 80.9 Å². The molecule has 2 rings (SSSR count). The van der Waals surface area contributed by atoms with Gasteiger partial charge in [0, 0.05) is 24.5 Å². The van der Waals surface area contributed by atoms with Gasteiger partial charge in [0.15, 0.2) is 0 Å². The van der Waals surface area contributed by atoms with E-state index in [2.05, 4.69) is 15.3 Å². The first kappa shape index (κ1) is 15.6. The molecule has 0 aromatic carbocycles. The van der Waals surface area contributed by atoms with E-state index in [1.54, 1.807) is 18.6 Å². The van der Waals surface area contributed by atoms with E-state index in [4.69, 9.17) is 5.73 Å². The molecule has 6 heteroatoms. The van der Waals surface area contributed by atoms with Gasteiger partial charge in [-0.1, -0.05) is 13.8 Å². The minimum atomic E-state index is -0.419. The Morgan fingerprint density at radius 3 is 2.67 bits per heavy atom. The minimum absolute atomic E-state index is 0.130. The summed E-state index contributed by atoms with van der Waals surface area (Å²) in [5.41, 5.74) is 6.34. The summed E-state index contributed by atoms with van der Waals surface area (Å²) in [5, 5.41) is 3.82. The number of rotatable bonds is 5. The van der Waals surface area contributed by atoms with Crippen molar-refractivity contribution in [1.82, 2.24) is 15.3 Å². The molecule has 0 spiro atoms. The number of amides is 1. The van der Waals surface area contributed by atoms with E-state index in [1.807, 2.05) is 32.9 Å². The molecule has 0 fully saturated rings. The Balaban J connectivity index is 2.16. The van der Waals surface area contributed by atoms with Crippen molar-refractivity contribution >= 4 is 17.2 Å². The Labute approximate surface area is 128 Å². The van der Waals surface area contributed by atoms with Gasteiger partial charge in [-0.2, -0.15) is 0 Å². The zero-order chi connectivity index (χ0) is 15.5. The first-order valence-electron chi connectivity index (χ1n) is 6.85. The largest absolute Gasteiger partial charge is 0.345 e. The van der Waals surface area contributed by atoms with Crippen molar-refractivity contribution in [3.8, 4) is 10.6 Å². The summed E-state index contributed by atoms with van der Waals surface area (Å²) in [4.78, 5) is 21.2. The van der Waals surface area contributed by atoms with E-state index in [9.17, 15) is 4.79 Å². The molecule has 2 aromatic heterocycles. The van der Waals surface area contributed by atoms with Crippen molar-refractivity contribution in [2.75, 3.05) is 6.54 Å². The fraction of sp³-hybridized carbons (Fsp3) is 0.400. The Morgan fingerprint density at radius 2 is 2.10 bits per heavy atom. The van der Waals surface area contributed by atoms with Crippen LogP contribution in [0.1, 0.15) is 30.4 Å². The second-order valence-electron chi connectivity index (χ2n) is 5.50. The summed E-state index contributed by atoms with van der Waals surface area (Å²) < 4.78 is 0. The van der Waals surface area contributed by atoms with Gasteiger partial charge in [0.1, 0.15) is 9.88 Å². The van der Waals surface area contributed by atoms with Crippen LogP contribution in [0.3, 0.4) is 0 Å². The lowest BCUT2D eigenvalue weighted by molar-refractivity contribution is 0.0887. The van der Waals surface area contributed by atoms with Gasteiger partial charge in [0.2, 0.25) is 0 Å². The van der Waals surface area contributed by atoms with Gasteiger partial charge in [0.05, 0.1) is 11.7 Å². The smallest absolute Gasteiger partial charge is 0.263 e. The fourth-order valence-electron chi connectivity index (χ4n) is 1.76. The third-order valence-corrected chi connectivity index (χ3v) is 4.80. The van der Waals surface area contributed by atoms with Crippen LogP contribution < -0.4 is 11.1 Å². The summed E-state index contributed by atoms with van der Waals surface area (Å²) in [6.45, 7) is 6.44. The van der Waals surface area contributed by atoms with Crippen LogP contribution in [0.4, 0.5) is 0 Å². The van der Waals surface area contributed by atoms with Crippen molar-refractivity contribution in [2.24, 2.45) is 11.7 Å². The number of nitrogens with zero attached hydrogens (tertiary/aromatic N) is 2. The molecule has 5 nitrogen and oxygen atoms in total. The summed E-state index contributed by atoms with van der Waals surface area (Å²) in [6.07, 6.45) is 5.02. The molecule has 0 saturated heterocycles. The maximum atomic E-state index is 12.4. The number of nitrogens with one attached hydrogen (secondary N) is 1. The van der Waals surface area contributed by atoms with Gasteiger partial charge < -0.3 is 11.1 Å². The standard InChI is InChI=1S/C15H20N4OS/c1-10(2)15(3,9-16)19-13(20)12-8-18-14(21-12)11-4-6-17-7-5-11/h4-8,10H,9,16H2,1-3H3,(H,19,20). The molecule has 0 radical (unpaired) electrons. The van der Waals surface area contributed by atoms with Gasteiger partial charge in [0.25, 0.3) is 5.91 Å². The highest BCUT2D eigenvalue weighted by atomic mass is 32.1. The molecular formula is C15H20N4OS. The lowest BCUT2D eigenvalue weighted by Gasteiger charge is -2.33. The van der Waals surface area contributed by atoms with Gasteiger partial charge in [-0.15, -0.1) is 11.3 Å². The first-order chi connectivity index (χ1) is 9.96. The van der Waals surface area contributed by atoms with E-state index in [1.165, 1.54) is 11.3 Å². The van der Waals surface area contributed by atoms with Gasteiger partial charge in [-0.3, -0.25) is 9.78 Å². The van der Waals surface area contributed by atoms with Crippen LogP contribution in [-0.4, -0.2) is 28.0 Å². The Bertz CT molecular complexity index is 611. The maximum absolute atomic E-state index is 12.4. The van der Waals surface area contributed by atoms with Gasteiger partial charge >= 0.3 is 0 Å². The molecule has 0 saturated carbocycles. The lowest BCUT2D eigenvalue weighted by Crippen LogP contribution is -2.54. The van der Waals surface area contributed by atoms with Crippen molar-refractivity contribution < 1.29 is 4.79 Å². The number of hydrogen-bond donors (Lipinski definition) is 2. The number of hydrogen-bond acceptors (Lipinski definition) is 5. The average Bonchev–Trinajstić information content (AvgIpc) is 2.97. The number of pyridine rings is 1. The monoisotopic (exact) mass is 304 g/mol. The van der Waals surface area contributed by atoms with Crippen molar-refractivity contribution in [3.63, 3.8) is 0 Å². The van der Waals surface area contributed by atoms with Crippen LogP contribution in [0, 0.1) is 5.92 Å². The predicted octanol–water partition coefficient (Wildman–Crippen LogP) is 2.31. The number of aromatic nitrogens is 2. The van der Waals surface area contributed by atoms with Crippen molar-refractivity contribution in [1.29, 1.82) is 0 Å². The second kappa shape index (κ2) is 6.32. The normalized spacial score (nSPS) is 14.0. The highest BCUT2D eigenvalue weighted by Crippen LogP contribution is 2.25. The third kappa shape index (κ3) is 3.46. The quantitative estimate of drug-likeness (QED) is 0.888. The fourth-order valence-corrected chi connectivity index (χ4v) is 2.58. The third-order valence-electron chi connectivity index (χ3n) is 3.75. The number of carbonyl (C=O) groups excluding carboxylic acids is 1. The van der Waals surface area contributed by atoms with Crippen molar-refractivity contribution in [2.45, 2.75) is 26.3 Å². The molecular weight excluding hydrogens is 284 g/mol. The molecule has 3 N–H and O–H groups in total. The molecule has 21 heavy (non-hydrogen) atoms. The molecule has 112 valence electrons. The number of thiazole rings is 1. The van der Waals surface area contributed by atoms with Crippen LogP contribution in [0.15, 0.2) is 30.7 Å². The molecule has 2 aromatic rings. The Kier molecular flexibility index (Phi) is 4.69. The second-order valence-corrected chi connectivity index (χ2v) is 6.53. The number of carbonyl (C=O) groups is 1. The SMILES string of the molecule is CC(C)C(C)(CN)NC(=O)c1cnc(-c2ccncc2)s1. The van der Waals surface area contributed by atoms with Crippen molar-refractivity contribution in [3.05, 3.63) is 35.6 Å². The molecule has 0 aliphatic carbocycles. The molecule has 2 heterocycles. The minimum Gasteiger partial charge on any atom is -0.345 e.